The molecule has 1 aromatic carbocycles. The molecule has 2 rings (SSSR count). The van der Waals surface area contributed by atoms with Gasteiger partial charge in [0.05, 0.1) is 0 Å². The van der Waals surface area contributed by atoms with Gasteiger partial charge in [-0.25, -0.2) is 0 Å². The molecule has 3 N–H and O–H groups in total. The van der Waals surface area contributed by atoms with Crippen molar-refractivity contribution in [1.82, 2.24) is 5.32 Å². The summed E-state index contributed by atoms with van der Waals surface area (Å²) in [6.45, 7) is 1.06. The average molecular weight is 269 g/mol. The molecule has 1 atom stereocenters. The number of hydrogen-bond acceptors (Lipinski definition) is 3. The van der Waals surface area contributed by atoms with Crippen molar-refractivity contribution in [3.8, 4) is 5.75 Å². The third kappa shape index (κ3) is 3.15. The Morgan fingerprint density at radius 1 is 1.44 bits per heavy atom. The molecule has 0 aliphatic carbocycles. The molecule has 0 saturated carbocycles. The number of hydrogen-bond donors (Lipinski definition) is 2. The van der Waals surface area contributed by atoms with Gasteiger partial charge < -0.3 is 15.8 Å². The molecule has 1 fully saturated rings. The van der Waals surface area contributed by atoms with Crippen molar-refractivity contribution in [2.45, 2.75) is 31.9 Å². The fourth-order valence-electron chi connectivity index (χ4n) is 2.00. The Kier molecular flexibility index (Phi) is 4.44. The Bertz CT molecular complexity index is 437. The van der Waals surface area contributed by atoms with Crippen LogP contribution in [0.1, 0.15) is 24.8 Å². The van der Waals surface area contributed by atoms with E-state index in [4.69, 9.17) is 22.1 Å². The van der Waals surface area contributed by atoms with Crippen molar-refractivity contribution in [2.75, 3.05) is 6.54 Å². The molecule has 1 unspecified atom stereocenters. The van der Waals surface area contributed by atoms with Crippen LogP contribution in [0.25, 0.3) is 0 Å². The number of ether oxygens (including phenoxy) is 1. The zero-order valence-electron chi connectivity index (χ0n) is 10.1. The Morgan fingerprint density at radius 3 is 3.06 bits per heavy atom. The van der Waals surface area contributed by atoms with Gasteiger partial charge in [-0.3, -0.25) is 4.79 Å². The van der Waals surface area contributed by atoms with Gasteiger partial charge in [-0.05, 0) is 37.5 Å². The molecule has 1 aliphatic rings. The first kappa shape index (κ1) is 13.2. The predicted octanol–water partition coefficient (Wildman–Crippen LogP) is 1.85. The van der Waals surface area contributed by atoms with Crippen LogP contribution in [0.2, 0.25) is 5.02 Å². The van der Waals surface area contributed by atoms with Crippen LogP contribution in [-0.4, -0.2) is 18.6 Å². The number of carbonyl (C=O) groups excluding carboxylic acids is 1. The van der Waals surface area contributed by atoms with E-state index in [1.807, 2.05) is 0 Å². The van der Waals surface area contributed by atoms with E-state index in [9.17, 15) is 4.79 Å². The Balaban J connectivity index is 2.14. The number of amides is 1. The van der Waals surface area contributed by atoms with Crippen molar-refractivity contribution in [2.24, 2.45) is 5.73 Å². The van der Waals surface area contributed by atoms with Crippen molar-refractivity contribution in [3.63, 3.8) is 0 Å². The highest BCUT2D eigenvalue weighted by atomic mass is 35.5. The summed E-state index contributed by atoms with van der Waals surface area (Å²) in [4.78, 5) is 11.8. The topological polar surface area (TPSA) is 64.3 Å². The summed E-state index contributed by atoms with van der Waals surface area (Å²) in [6.07, 6.45) is 2.28. The van der Waals surface area contributed by atoms with Gasteiger partial charge in [0.15, 0.2) is 6.10 Å². The first-order valence-corrected chi connectivity index (χ1v) is 6.51. The molecule has 0 spiro atoms. The van der Waals surface area contributed by atoms with Crippen molar-refractivity contribution >= 4 is 17.5 Å². The zero-order chi connectivity index (χ0) is 13.0. The molecule has 1 aliphatic heterocycles. The second-order valence-electron chi connectivity index (χ2n) is 4.35. The van der Waals surface area contributed by atoms with Gasteiger partial charge in [-0.1, -0.05) is 11.6 Å². The molecule has 0 bridgehead atoms. The lowest BCUT2D eigenvalue weighted by atomic mass is 10.1. The van der Waals surface area contributed by atoms with Crippen LogP contribution in [-0.2, 0) is 11.3 Å². The van der Waals surface area contributed by atoms with E-state index < -0.39 is 6.10 Å². The quantitative estimate of drug-likeness (QED) is 0.879. The van der Waals surface area contributed by atoms with Gasteiger partial charge in [0.2, 0.25) is 0 Å². The van der Waals surface area contributed by atoms with E-state index in [-0.39, 0.29) is 5.91 Å². The van der Waals surface area contributed by atoms with E-state index in [1.54, 1.807) is 18.2 Å². The summed E-state index contributed by atoms with van der Waals surface area (Å²) >= 11 is 5.90. The number of benzene rings is 1. The number of halogens is 1. The van der Waals surface area contributed by atoms with Gasteiger partial charge in [0.1, 0.15) is 5.75 Å². The highest BCUT2D eigenvalue weighted by Crippen LogP contribution is 2.24. The maximum Gasteiger partial charge on any atom is 0.261 e. The van der Waals surface area contributed by atoms with Crippen LogP contribution in [0.15, 0.2) is 18.2 Å². The van der Waals surface area contributed by atoms with Crippen molar-refractivity contribution in [3.05, 3.63) is 28.8 Å². The third-order valence-corrected chi connectivity index (χ3v) is 3.23. The summed E-state index contributed by atoms with van der Waals surface area (Å²) in [5.74, 6) is 0.592. The normalized spacial score (nSPS) is 20.1. The van der Waals surface area contributed by atoms with Crippen LogP contribution in [0, 0.1) is 0 Å². The van der Waals surface area contributed by atoms with E-state index in [2.05, 4.69) is 5.32 Å². The average Bonchev–Trinajstić information content (AvgIpc) is 2.57. The minimum absolute atomic E-state index is 0.0505. The molecule has 18 heavy (non-hydrogen) atoms. The van der Waals surface area contributed by atoms with Crippen LogP contribution >= 0.6 is 11.6 Å². The molecule has 0 aromatic heterocycles. The summed E-state index contributed by atoms with van der Waals surface area (Å²) < 4.78 is 5.77. The number of nitrogens with one attached hydrogen (secondary N) is 1. The van der Waals surface area contributed by atoms with Crippen molar-refractivity contribution < 1.29 is 9.53 Å². The molecule has 5 heteroatoms. The molecular weight excluding hydrogens is 252 g/mol. The predicted molar refractivity (Wildman–Crippen MR) is 70.6 cm³/mol. The van der Waals surface area contributed by atoms with Gasteiger partial charge >= 0.3 is 0 Å². The monoisotopic (exact) mass is 268 g/mol. The van der Waals surface area contributed by atoms with Crippen molar-refractivity contribution in [1.29, 1.82) is 0 Å². The van der Waals surface area contributed by atoms with E-state index in [0.717, 1.165) is 31.4 Å². The Labute approximate surface area is 111 Å². The molecule has 1 heterocycles. The zero-order valence-corrected chi connectivity index (χ0v) is 10.9. The third-order valence-electron chi connectivity index (χ3n) is 3.00. The maximum atomic E-state index is 11.8. The summed E-state index contributed by atoms with van der Waals surface area (Å²) in [5, 5.41) is 3.46. The minimum atomic E-state index is -0.432. The fourth-order valence-corrected chi connectivity index (χ4v) is 2.19. The van der Waals surface area contributed by atoms with E-state index in [1.165, 1.54) is 0 Å². The SMILES string of the molecule is NCc1cc(Cl)ccc1OC1CCCCNC1=O. The lowest BCUT2D eigenvalue weighted by Gasteiger charge is -2.18. The van der Waals surface area contributed by atoms with E-state index in [0.29, 0.717) is 17.3 Å². The summed E-state index contributed by atoms with van der Waals surface area (Å²) in [5.41, 5.74) is 6.47. The minimum Gasteiger partial charge on any atom is -0.480 e. The molecule has 1 aromatic rings. The van der Waals surface area contributed by atoms with Crippen LogP contribution in [0.3, 0.4) is 0 Å². The maximum absolute atomic E-state index is 11.8. The summed E-state index contributed by atoms with van der Waals surface area (Å²) in [7, 11) is 0. The highest BCUT2D eigenvalue weighted by molar-refractivity contribution is 6.30. The number of rotatable bonds is 3. The highest BCUT2D eigenvalue weighted by Gasteiger charge is 2.23. The second kappa shape index (κ2) is 6.07. The number of nitrogens with two attached hydrogens (primary N) is 1. The first-order valence-electron chi connectivity index (χ1n) is 6.13. The van der Waals surface area contributed by atoms with Crippen LogP contribution in [0.4, 0.5) is 0 Å². The smallest absolute Gasteiger partial charge is 0.261 e. The van der Waals surface area contributed by atoms with Gasteiger partial charge in [-0.2, -0.15) is 0 Å². The van der Waals surface area contributed by atoms with Gasteiger partial charge in [0.25, 0.3) is 5.91 Å². The Hall–Kier alpha value is -1.26. The van der Waals surface area contributed by atoms with E-state index >= 15 is 0 Å². The van der Waals surface area contributed by atoms with Crippen LogP contribution < -0.4 is 15.8 Å². The molecule has 98 valence electrons. The molecular formula is C13H17ClN2O2. The van der Waals surface area contributed by atoms with Crippen LogP contribution in [0.5, 0.6) is 5.75 Å². The van der Waals surface area contributed by atoms with Gasteiger partial charge in [-0.15, -0.1) is 0 Å². The largest absolute Gasteiger partial charge is 0.480 e. The fraction of sp³-hybridized carbons (Fsp3) is 0.462. The second-order valence-corrected chi connectivity index (χ2v) is 4.79. The first-order chi connectivity index (χ1) is 8.70. The molecule has 0 radical (unpaired) electrons. The van der Waals surface area contributed by atoms with Gasteiger partial charge in [0, 0.05) is 23.7 Å². The Morgan fingerprint density at radius 2 is 2.28 bits per heavy atom. The lowest BCUT2D eigenvalue weighted by molar-refractivity contribution is -0.127. The lowest BCUT2D eigenvalue weighted by Crippen LogP contribution is -2.36. The summed E-state index contributed by atoms with van der Waals surface area (Å²) in [6, 6.07) is 5.28. The number of carbonyl (C=O) groups is 1. The standard InChI is InChI=1S/C13H17ClN2O2/c14-10-4-5-11(9(7-10)8-15)18-12-3-1-2-6-16-13(12)17/h4-5,7,12H,1-3,6,8,15H2,(H,16,17). The molecule has 1 amide bonds. The molecule has 1 saturated heterocycles. The molecule has 4 nitrogen and oxygen atoms in total.